The molecule has 4 nitrogen and oxygen atoms in total. The van der Waals surface area contributed by atoms with Crippen molar-refractivity contribution >= 4 is 5.78 Å². The van der Waals surface area contributed by atoms with Crippen molar-refractivity contribution in [3.63, 3.8) is 0 Å². The van der Waals surface area contributed by atoms with Crippen molar-refractivity contribution in [3.05, 3.63) is 12.4 Å². The summed E-state index contributed by atoms with van der Waals surface area (Å²) in [4.78, 5) is 12.0. The molecule has 0 saturated heterocycles. The summed E-state index contributed by atoms with van der Waals surface area (Å²) in [6.07, 6.45) is -1.29. The maximum absolute atomic E-state index is 12.0. The molecule has 0 heterocycles. The topological polar surface area (TPSA) is 81.1 Å². The van der Waals surface area contributed by atoms with Crippen molar-refractivity contribution in [2.75, 3.05) is 6.52 Å². The van der Waals surface area contributed by atoms with E-state index in [0.29, 0.717) is 0 Å². The lowest BCUT2D eigenvalue weighted by Gasteiger charge is -2.21. The summed E-state index contributed by atoms with van der Waals surface area (Å²) < 4.78 is 23.2. The van der Waals surface area contributed by atoms with E-state index in [0.717, 1.165) is 0 Å². The van der Waals surface area contributed by atoms with E-state index in [2.05, 4.69) is 11.9 Å². The number of Topliss-reactive ketones (excluding diaryl/α,β-unsaturated/α-hetero) is 1. The monoisotopic (exact) mass is 216 g/mol. The molecule has 0 aromatic rings. The van der Waals surface area contributed by atoms with Gasteiger partial charge in [0.2, 0.25) is 0 Å². The SMILES string of the molecule is [2H]C(CC([2H])[C@@]([2H])(N)C(=O)C(C)(C)C)NC(=C)N. The van der Waals surface area contributed by atoms with E-state index in [9.17, 15) is 4.79 Å². The van der Waals surface area contributed by atoms with Gasteiger partial charge in [0, 0.05) is 14.7 Å². The van der Waals surface area contributed by atoms with Crippen LogP contribution in [0.25, 0.3) is 0 Å². The van der Waals surface area contributed by atoms with E-state index >= 15 is 0 Å². The smallest absolute Gasteiger partial charge is 0.154 e. The standard InChI is InChI=1S/C11H23N3O/c1-8(12)14-7-5-6-9(13)10(15)11(2,3)4/h9,14H,1,5-7,12-13H2,2-4H3/t9-/m1/s1/i6D,7D,9D/t6?,7?,9-. The van der Waals surface area contributed by atoms with E-state index in [1.54, 1.807) is 20.8 Å². The van der Waals surface area contributed by atoms with Gasteiger partial charge >= 0.3 is 0 Å². The summed E-state index contributed by atoms with van der Waals surface area (Å²) in [5.74, 6) is -0.411. The Balaban J connectivity index is 4.71. The molecule has 4 heteroatoms. The quantitative estimate of drug-likeness (QED) is 0.611. The highest BCUT2D eigenvalue weighted by Gasteiger charge is 2.26. The van der Waals surface area contributed by atoms with E-state index in [-0.39, 0.29) is 12.2 Å². The third-order valence-electron chi connectivity index (χ3n) is 1.69. The summed E-state index contributed by atoms with van der Waals surface area (Å²) in [7, 11) is 0. The number of ketones is 1. The van der Waals surface area contributed by atoms with Gasteiger partial charge in [-0.3, -0.25) is 4.79 Å². The summed E-state index contributed by atoms with van der Waals surface area (Å²) in [6, 6.07) is -2.03. The maximum atomic E-state index is 12.0. The van der Waals surface area contributed by atoms with Gasteiger partial charge in [0.1, 0.15) is 0 Å². The molecule has 0 aliphatic heterocycles. The molecule has 0 aromatic carbocycles. The molecule has 0 radical (unpaired) electrons. The van der Waals surface area contributed by atoms with E-state index in [1.165, 1.54) is 0 Å². The third-order valence-corrected chi connectivity index (χ3v) is 1.69. The first-order valence-corrected chi connectivity index (χ1v) is 4.78. The average Bonchev–Trinajstić information content (AvgIpc) is 2.13. The maximum Gasteiger partial charge on any atom is 0.154 e. The van der Waals surface area contributed by atoms with E-state index in [4.69, 9.17) is 15.6 Å². The number of carbonyl (C=O) groups is 1. The van der Waals surface area contributed by atoms with Gasteiger partial charge in [0.05, 0.1) is 13.2 Å². The van der Waals surface area contributed by atoms with Crippen LogP contribution in [0.2, 0.25) is 0 Å². The summed E-state index contributed by atoms with van der Waals surface area (Å²) >= 11 is 0. The first-order chi connectivity index (χ1) is 7.89. The van der Waals surface area contributed by atoms with Crippen LogP contribution in [0.3, 0.4) is 0 Å². The molecule has 0 amide bonds. The second-order valence-electron chi connectivity index (χ2n) is 4.35. The molecule has 0 aliphatic carbocycles. The van der Waals surface area contributed by atoms with Crippen molar-refractivity contribution in [1.82, 2.24) is 5.32 Å². The van der Waals surface area contributed by atoms with Crippen molar-refractivity contribution in [1.29, 1.82) is 0 Å². The number of rotatable bonds is 6. The molecule has 0 aliphatic rings. The summed E-state index contributed by atoms with van der Waals surface area (Å²) in [6.45, 7) is 7.42. The Kier molecular flexibility index (Phi) is 3.54. The minimum Gasteiger partial charge on any atom is -0.386 e. The Morgan fingerprint density at radius 2 is 2.20 bits per heavy atom. The van der Waals surface area contributed by atoms with Crippen molar-refractivity contribution < 1.29 is 8.91 Å². The molecule has 0 bridgehead atoms. The van der Waals surface area contributed by atoms with Crippen molar-refractivity contribution in [2.45, 2.75) is 39.6 Å². The molecule has 0 rings (SSSR count). The first-order valence-electron chi connectivity index (χ1n) is 6.43. The molecule has 2 unspecified atom stereocenters. The van der Waals surface area contributed by atoms with Crippen LogP contribution in [0.15, 0.2) is 12.4 Å². The fourth-order valence-electron chi connectivity index (χ4n) is 0.902. The number of hydrogen-bond donors (Lipinski definition) is 3. The summed E-state index contributed by atoms with van der Waals surface area (Å²) in [5.41, 5.74) is 10.1. The Labute approximate surface area is 96.3 Å². The molecule has 0 aromatic heterocycles. The molecular formula is C11H23N3O. The third kappa shape index (κ3) is 6.12. The second-order valence-corrected chi connectivity index (χ2v) is 4.35. The van der Waals surface area contributed by atoms with E-state index < -0.39 is 30.1 Å². The van der Waals surface area contributed by atoms with Crippen LogP contribution in [0, 0.1) is 5.41 Å². The van der Waals surface area contributed by atoms with Gasteiger partial charge in [0.25, 0.3) is 0 Å². The van der Waals surface area contributed by atoms with Crippen LogP contribution < -0.4 is 16.8 Å². The molecule has 0 fully saturated rings. The van der Waals surface area contributed by atoms with Gasteiger partial charge in [-0.1, -0.05) is 27.4 Å². The molecule has 5 N–H and O–H groups in total. The fraction of sp³-hybridized carbons (Fsp3) is 0.727. The number of nitrogens with two attached hydrogens (primary N) is 2. The first kappa shape index (κ1) is 9.21. The van der Waals surface area contributed by atoms with Crippen LogP contribution in [-0.4, -0.2) is 18.3 Å². The van der Waals surface area contributed by atoms with Crippen LogP contribution in [-0.2, 0) is 4.79 Å². The van der Waals surface area contributed by atoms with E-state index in [1.807, 2.05) is 0 Å². The number of nitrogens with one attached hydrogen (secondary N) is 1. The highest BCUT2D eigenvalue weighted by molar-refractivity contribution is 5.88. The van der Waals surface area contributed by atoms with Gasteiger partial charge in [-0.25, -0.2) is 0 Å². The highest BCUT2D eigenvalue weighted by atomic mass is 16.1. The largest absolute Gasteiger partial charge is 0.386 e. The van der Waals surface area contributed by atoms with Gasteiger partial charge in [-0.05, 0) is 12.8 Å². The second kappa shape index (κ2) is 5.75. The molecular weight excluding hydrogens is 190 g/mol. The molecule has 0 saturated carbocycles. The molecule has 15 heavy (non-hydrogen) atoms. The summed E-state index contributed by atoms with van der Waals surface area (Å²) in [5, 5.41) is 2.50. The predicted octanol–water partition coefficient (Wildman–Crippen LogP) is 0.729. The minimum atomic E-state index is -2.03. The predicted molar refractivity (Wildman–Crippen MR) is 63.0 cm³/mol. The number of carbonyl (C=O) groups excluding carboxylic acids is 1. The van der Waals surface area contributed by atoms with Crippen LogP contribution in [0.1, 0.15) is 37.7 Å². The Morgan fingerprint density at radius 1 is 1.67 bits per heavy atom. The van der Waals surface area contributed by atoms with Gasteiger partial charge in [-0.2, -0.15) is 0 Å². The lowest BCUT2D eigenvalue weighted by molar-refractivity contribution is -0.127. The minimum absolute atomic E-state index is 0.0853. The van der Waals surface area contributed by atoms with Crippen LogP contribution in [0.4, 0.5) is 0 Å². The van der Waals surface area contributed by atoms with Gasteiger partial charge < -0.3 is 16.8 Å². The molecule has 3 atom stereocenters. The Hall–Kier alpha value is -1.03. The normalized spacial score (nSPS) is 22.5. The molecule has 0 spiro atoms. The van der Waals surface area contributed by atoms with Crippen molar-refractivity contribution in [2.24, 2.45) is 16.9 Å². The average molecular weight is 216 g/mol. The molecule has 88 valence electrons. The lowest BCUT2D eigenvalue weighted by Crippen LogP contribution is -2.39. The van der Waals surface area contributed by atoms with Gasteiger partial charge in [0.15, 0.2) is 5.78 Å². The van der Waals surface area contributed by atoms with Crippen LogP contribution >= 0.6 is 0 Å². The Morgan fingerprint density at radius 3 is 2.60 bits per heavy atom. The lowest BCUT2D eigenvalue weighted by atomic mass is 9.85. The number of hydrogen-bond acceptors (Lipinski definition) is 4. The fourth-order valence-corrected chi connectivity index (χ4v) is 0.902. The van der Waals surface area contributed by atoms with Crippen molar-refractivity contribution in [3.8, 4) is 0 Å². The zero-order valence-electron chi connectivity index (χ0n) is 12.6. The zero-order chi connectivity index (χ0) is 14.7. The highest BCUT2D eigenvalue weighted by Crippen LogP contribution is 2.17. The van der Waals surface area contributed by atoms with Gasteiger partial charge in [-0.15, -0.1) is 0 Å². The van der Waals surface area contributed by atoms with Crippen LogP contribution in [0.5, 0.6) is 0 Å². The Bertz CT molecular complexity index is 326. The zero-order valence-corrected chi connectivity index (χ0v) is 9.63.